The van der Waals surface area contributed by atoms with Crippen LogP contribution in [-0.4, -0.2) is 73.4 Å². The Bertz CT molecular complexity index is 1260. The maximum absolute atomic E-state index is 13.0. The zero-order chi connectivity index (χ0) is 54.2. The van der Waals surface area contributed by atoms with Crippen molar-refractivity contribution in [3.05, 3.63) is 24.3 Å². The summed E-state index contributed by atoms with van der Waals surface area (Å²) in [5.41, 5.74) is 0. The van der Waals surface area contributed by atoms with Crippen molar-refractivity contribution < 1.29 is 32.9 Å². The summed E-state index contributed by atoms with van der Waals surface area (Å²) in [6, 6.07) is -0.844. The van der Waals surface area contributed by atoms with Crippen molar-refractivity contribution in [3.63, 3.8) is 0 Å². The van der Waals surface area contributed by atoms with Gasteiger partial charge in [-0.3, -0.25) is 13.8 Å². The molecule has 0 rings (SSSR count). The minimum absolute atomic E-state index is 0.0639. The first kappa shape index (κ1) is 73.0. The van der Waals surface area contributed by atoms with Crippen molar-refractivity contribution in [3.8, 4) is 0 Å². The first-order valence-corrected chi connectivity index (χ1v) is 34.2. The number of nitrogens with one attached hydrogen (secondary N) is 1. The molecule has 3 unspecified atom stereocenters. The van der Waals surface area contributed by atoms with E-state index in [0.29, 0.717) is 17.4 Å². The molecule has 3 atom stereocenters. The van der Waals surface area contributed by atoms with Crippen molar-refractivity contribution in [1.82, 2.24) is 5.32 Å². The Kier molecular flexibility index (Phi) is 55.9. The van der Waals surface area contributed by atoms with Gasteiger partial charge in [0.1, 0.15) is 13.2 Å². The number of quaternary nitrogens is 1. The van der Waals surface area contributed by atoms with Crippen molar-refractivity contribution in [2.24, 2.45) is 0 Å². The fourth-order valence-electron chi connectivity index (χ4n) is 10.0. The molecule has 0 bridgehead atoms. The zero-order valence-corrected chi connectivity index (χ0v) is 51.3. The molecule has 0 heterocycles. The number of carbonyl (C=O) groups excluding carboxylic acids is 1. The molecule has 0 aromatic rings. The molecule has 3 N–H and O–H groups in total. The molecule has 8 nitrogen and oxygen atoms in total. The average molecular weight is 1070 g/mol. The summed E-state index contributed by atoms with van der Waals surface area (Å²) in [7, 11) is 1.59. The molecule has 0 spiro atoms. The summed E-state index contributed by atoms with van der Waals surface area (Å²) in [6.45, 7) is 4.86. The standard InChI is InChI=1S/C65H129N2O6P/c1-6-8-10-12-14-16-18-20-22-23-24-25-26-27-28-29-30-31-32-33-34-35-36-37-38-39-40-41-42-43-45-47-49-51-53-55-57-59-65(69)66-63(62-73-74(70,71)72-61-60-67(3,4)5)64(68)58-56-54-52-50-48-46-44-21-19-17-15-13-11-9-7-2/h31-32,56,58,63-64,68H,6-30,33-55,57,59-62H2,1-5H3,(H-,66,69,70,71)/p+1/b32-31-,58-56+. The molecule has 0 aliphatic carbocycles. The summed E-state index contributed by atoms with van der Waals surface area (Å²) in [5, 5.41) is 13.9. The van der Waals surface area contributed by atoms with Crippen LogP contribution in [0.1, 0.15) is 335 Å². The summed E-state index contributed by atoms with van der Waals surface area (Å²) in [6.07, 6.45) is 73.2. The van der Waals surface area contributed by atoms with E-state index >= 15 is 0 Å². The second kappa shape index (κ2) is 56.7. The summed E-state index contributed by atoms with van der Waals surface area (Å²) in [4.78, 5) is 23.3. The second-order valence-corrected chi connectivity index (χ2v) is 25.3. The Balaban J connectivity index is 3.92. The molecule has 9 heteroatoms. The van der Waals surface area contributed by atoms with Gasteiger partial charge in [0.05, 0.1) is 39.9 Å². The number of aliphatic hydroxyl groups excluding tert-OH is 1. The number of hydrogen-bond donors (Lipinski definition) is 3. The van der Waals surface area contributed by atoms with E-state index in [1.54, 1.807) is 6.08 Å². The lowest BCUT2D eigenvalue weighted by Crippen LogP contribution is -2.45. The minimum atomic E-state index is -4.34. The van der Waals surface area contributed by atoms with Gasteiger partial charge in [0, 0.05) is 6.42 Å². The van der Waals surface area contributed by atoms with Gasteiger partial charge in [-0.15, -0.1) is 0 Å². The molecule has 0 fully saturated rings. The number of rotatable bonds is 61. The van der Waals surface area contributed by atoms with Crippen molar-refractivity contribution in [2.45, 2.75) is 347 Å². The Morgan fingerprint density at radius 3 is 1.04 bits per heavy atom. The minimum Gasteiger partial charge on any atom is -0.387 e. The number of carbonyl (C=O) groups is 1. The molecule has 0 saturated carbocycles. The van der Waals surface area contributed by atoms with Gasteiger partial charge in [-0.1, -0.05) is 308 Å². The smallest absolute Gasteiger partial charge is 0.387 e. The lowest BCUT2D eigenvalue weighted by Gasteiger charge is -2.25. The largest absolute Gasteiger partial charge is 0.472 e. The van der Waals surface area contributed by atoms with E-state index in [4.69, 9.17) is 9.05 Å². The number of likely N-dealkylation sites (N-methyl/N-ethyl adjacent to an activating group) is 1. The molecule has 0 radical (unpaired) electrons. The molecular weight excluding hydrogens is 936 g/mol. The molecule has 74 heavy (non-hydrogen) atoms. The van der Waals surface area contributed by atoms with Gasteiger partial charge >= 0.3 is 7.82 Å². The molecule has 0 saturated heterocycles. The van der Waals surface area contributed by atoms with Crippen molar-refractivity contribution in [1.29, 1.82) is 0 Å². The summed E-state index contributed by atoms with van der Waals surface area (Å²) in [5.74, 6) is -0.171. The number of hydrogen-bond acceptors (Lipinski definition) is 5. The normalized spacial score (nSPS) is 13.9. The number of aliphatic hydroxyl groups is 1. The predicted octanol–water partition coefficient (Wildman–Crippen LogP) is 20.3. The highest BCUT2D eigenvalue weighted by molar-refractivity contribution is 7.47. The topological polar surface area (TPSA) is 105 Å². The van der Waals surface area contributed by atoms with E-state index in [2.05, 4.69) is 31.3 Å². The van der Waals surface area contributed by atoms with E-state index in [1.807, 2.05) is 27.2 Å². The first-order valence-electron chi connectivity index (χ1n) is 32.7. The van der Waals surface area contributed by atoms with Crippen LogP contribution in [0.4, 0.5) is 0 Å². The van der Waals surface area contributed by atoms with Gasteiger partial charge in [-0.25, -0.2) is 4.57 Å². The quantitative estimate of drug-likeness (QED) is 0.0243. The van der Waals surface area contributed by atoms with Crippen LogP contribution in [-0.2, 0) is 18.4 Å². The van der Waals surface area contributed by atoms with E-state index in [9.17, 15) is 19.4 Å². The van der Waals surface area contributed by atoms with Gasteiger partial charge in [-0.05, 0) is 44.9 Å². The van der Waals surface area contributed by atoms with Crippen LogP contribution in [0, 0.1) is 0 Å². The third-order valence-corrected chi connectivity index (χ3v) is 16.1. The number of allylic oxidation sites excluding steroid dienone is 3. The number of amides is 1. The SMILES string of the molecule is CCCCCCCCCCCCCCC/C=C/C(O)C(COP(=O)(O)OCC[N+](C)(C)C)NC(=O)CCCCCCCCCCCCCCCCCCC/C=C\CCCCCCCCCCCCCCCCCC. The Hall–Kier alpha value is -1.02. The molecule has 0 aliphatic rings. The maximum atomic E-state index is 13.0. The van der Waals surface area contributed by atoms with Gasteiger partial charge in [-0.2, -0.15) is 0 Å². The lowest BCUT2D eigenvalue weighted by molar-refractivity contribution is -0.870. The molecular formula is C65H130N2O6P+. The third kappa shape index (κ3) is 58.7. The third-order valence-electron chi connectivity index (χ3n) is 15.2. The molecule has 1 amide bonds. The lowest BCUT2D eigenvalue weighted by atomic mass is 10.0. The first-order chi connectivity index (χ1) is 36.0. The number of phosphoric ester groups is 1. The van der Waals surface area contributed by atoms with Crippen LogP contribution in [0.3, 0.4) is 0 Å². The Morgan fingerprint density at radius 2 is 0.730 bits per heavy atom. The number of phosphoric acid groups is 1. The van der Waals surface area contributed by atoms with E-state index in [1.165, 1.54) is 276 Å². The highest BCUT2D eigenvalue weighted by Crippen LogP contribution is 2.43. The van der Waals surface area contributed by atoms with Crippen LogP contribution in [0.5, 0.6) is 0 Å². The summed E-state index contributed by atoms with van der Waals surface area (Å²) >= 11 is 0. The molecule has 440 valence electrons. The van der Waals surface area contributed by atoms with E-state index in [0.717, 1.165) is 38.5 Å². The van der Waals surface area contributed by atoms with Crippen LogP contribution in [0.25, 0.3) is 0 Å². The second-order valence-electron chi connectivity index (χ2n) is 23.8. The Morgan fingerprint density at radius 1 is 0.446 bits per heavy atom. The van der Waals surface area contributed by atoms with Crippen molar-refractivity contribution >= 4 is 13.7 Å². The monoisotopic (exact) mass is 1070 g/mol. The van der Waals surface area contributed by atoms with Crippen LogP contribution in [0.2, 0.25) is 0 Å². The van der Waals surface area contributed by atoms with Gasteiger partial charge in [0.15, 0.2) is 0 Å². The zero-order valence-electron chi connectivity index (χ0n) is 50.4. The molecule has 0 aromatic carbocycles. The summed E-state index contributed by atoms with van der Waals surface area (Å²) < 4.78 is 23.7. The fraction of sp³-hybridized carbons (Fsp3) is 0.923. The van der Waals surface area contributed by atoms with Crippen LogP contribution < -0.4 is 5.32 Å². The predicted molar refractivity (Wildman–Crippen MR) is 323 cm³/mol. The van der Waals surface area contributed by atoms with Gasteiger partial charge < -0.3 is 19.8 Å². The molecule has 0 aromatic heterocycles. The fourth-order valence-corrected chi connectivity index (χ4v) is 10.8. The molecule has 0 aliphatic heterocycles. The maximum Gasteiger partial charge on any atom is 0.472 e. The van der Waals surface area contributed by atoms with Gasteiger partial charge in [0.2, 0.25) is 5.91 Å². The van der Waals surface area contributed by atoms with Crippen LogP contribution >= 0.6 is 7.82 Å². The van der Waals surface area contributed by atoms with Gasteiger partial charge in [0.25, 0.3) is 0 Å². The van der Waals surface area contributed by atoms with Crippen LogP contribution in [0.15, 0.2) is 24.3 Å². The average Bonchev–Trinajstić information content (AvgIpc) is 3.36. The number of nitrogens with zero attached hydrogens (tertiary/aromatic N) is 1. The highest BCUT2D eigenvalue weighted by Gasteiger charge is 2.28. The highest BCUT2D eigenvalue weighted by atomic mass is 31.2. The van der Waals surface area contributed by atoms with Crippen molar-refractivity contribution in [2.75, 3.05) is 40.9 Å². The number of unbranched alkanes of at least 4 members (excludes halogenated alkanes) is 46. The Labute approximate surface area is 462 Å². The van der Waals surface area contributed by atoms with E-state index in [-0.39, 0.29) is 19.1 Å². The van der Waals surface area contributed by atoms with E-state index < -0.39 is 20.0 Å².